The summed E-state index contributed by atoms with van der Waals surface area (Å²) in [5, 5.41) is 15.2. The van der Waals surface area contributed by atoms with Crippen molar-refractivity contribution >= 4 is 34.1 Å². The summed E-state index contributed by atoms with van der Waals surface area (Å²) in [5.41, 5.74) is 0.932. The summed E-state index contributed by atoms with van der Waals surface area (Å²) < 4.78 is 2.10. The predicted octanol–water partition coefficient (Wildman–Crippen LogP) is 2.51. The van der Waals surface area contributed by atoms with E-state index in [2.05, 4.69) is 36.9 Å². The van der Waals surface area contributed by atoms with Crippen molar-refractivity contribution in [3.8, 4) is 0 Å². The molecule has 0 aromatic carbocycles. The molecule has 136 valence electrons. The Bertz CT molecular complexity index is 728. The lowest BCUT2D eigenvalue weighted by atomic mass is 9.97. The quantitative estimate of drug-likeness (QED) is 0.776. The number of piperidine rings is 1. The third-order valence-corrected chi connectivity index (χ3v) is 6.02. The van der Waals surface area contributed by atoms with Crippen LogP contribution in [0.25, 0.3) is 0 Å². The first-order valence-corrected chi connectivity index (χ1v) is 10.4. The lowest BCUT2D eigenvalue weighted by molar-refractivity contribution is -0.117. The average Bonchev–Trinajstić information content (AvgIpc) is 3.14. The van der Waals surface area contributed by atoms with E-state index in [9.17, 15) is 4.79 Å². The van der Waals surface area contributed by atoms with Crippen LogP contribution in [0.2, 0.25) is 0 Å². The summed E-state index contributed by atoms with van der Waals surface area (Å²) in [5.74, 6) is 2.33. The molecule has 2 aromatic rings. The van der Waals surface area contributed by atoms with Crippen molar-refractivity contribution in [3.63, 3.8) is 0 Å². The highest BCUT2D eigenvalue weighted by molar-refractivity contribution is 7.99. The lowest BCUT2D eigenvalue weighted by Gasteiger charge is -2.31. The number of thioether (sulfide) groups is 1. The molecule has 1 atom stereocenters. The Morgan fingerprint density at radius 1 is 1.48 bits per heavy atom. The lowest BCUT2D eigenvalue weighted by Crippen LogP contribution is -2.40. The number of thiazole rings is 1. The summed E-state index contributed by atoms with van der Waals surface area (Å²) >= 11 is 3.17. The molecule has 1 N–H and O–H groups in total. The van der Waals surface area contributed by atoms with Crippen LogP contribution in [0.5, 0.6) is 0 Å². The van der Waals surface area contributed by atoms with Crippen LogP contribution in [0.3, 0.4) is 0 Å². The third kappa shape index (κ3) is 4.59. The Kier molecular flexibility index (Phi) is 6.08. The number of aromatic nitrogens is 4. The third-order valence-electron chi connectivity index (χ3n) is 4.25. The maximum atomic E-state index is 12.3. The molecule has 1 saturated heterocycles. The molecule has 3 heterocycles. The number of nitrogens with one attached hydrogen (secondary N) is 1. The van der Waals surface area contributed by atoms with Gasteiger partial charge in [0.2, 0.25) is 5.91 Å². The minimum atomic E-state index is -0.00445. The van der Waals surface area contributed by atoms with Crippen LogP contribution < -0.4 is 5.32 Å². The molecular weight excluding hydrogens is 356 g/mol. The smallest absolute Gasteiger partial charge is 0.240 e. The number of rotatable bonds is 6. The van der Waals surface area contributed by atoms with E-state index in [-0.39, 0.29) is 5.91 Å². The average molecular weight is 381 g/mol. The van der Waals surface area contributed by atoms with Crippen molar-refractivity contribution in [3.05, 3.63) is 16.9 Å². The molecule has 1 fully saturated rings. The second-order valence-corrected chi connectivity index (χ2v) is 8.34. The van der Waals surface area contributed by atoms with Gasteiger partial charge in [-0.2, -0.15) is 0 Å². The number of carbonyl (C=O) groups is 1. The molecule has 25 heavy (non-hydrogen) atoms. The molecule has 1 amide bonds. The number of amides is 1. The van der Waals surface area contributed by atoms with E-state index in [0.29, 0.717) is 17.6 Å². The minimum Gasteiger partial charge on any atom is -0.309 e. The first-order chi connectivity index (χ1) is 12.1. The highest BCUT2D eigenvalue weighted by Gasteiger charge is 2.27. The summed E-state index contributed by atoms with van der Waals surface area (Å²) in [6, 6.07) is 0. The molecule has 0 aliphatic carbocycles. The Hall–Kier alpha value is -1.45. The molecule has 2 aromatic heterocycles. The fourth-order valence-corrected chi connectivity index (χ4v) is 4.47. The Balaban J connectivity index is 1.58. The zero-order valence-electron chi connectivity index (χ0n) is 14.9. The molecule has 7 nitrogen and oxygen atoms in total. The van der Waals surface area contributed by atoms with Gasteiger partial charge in [0, 0.05) is 24.9 Å². The highest BCUT2D eigenvalue weighted by atomic mass is 32.2. The van der Waals surface area contributed by atoms with E-state index >= 15 is 0 Å². The van der Waals surface area contributed by atoms with Crippen LogP contribution in [0.4, 0.5) is 5.13 Å². The summed E-state index contributed by atoms with van der Waals surface area (Å²) in [6.07, 6.45) is 2.16. The predicted molar refractivity (Wildman–Crippen MR) is 101 cm³/mol. The van der Waals surface area contributed by atoms with Crippen LogP contribution in [0.15, 0.2) is 10.5 Å². The van der Waals surface area contributed by atoms with E-state index < -0.39 is 0 Å². The van der Waals surface area contributed by atoms with Gasteiger partial charge in [-0.05, 0) is 32.1 Å². The Morgan fingerprint density at radius 2 is 2.32 bits per heavy atom. The van der Waals surface area contributed by atoms with Crippen LogP contribution in [0.1, 0.15) is 37.2 Å². The van der Waals surface area contributed by atoms with Crippen LogP contribution in [-0.4, -0.2) is 55.9 Å². The Labute approximate surface area is 156 Å². The van der Waals surface area contributed by atoms with Gasteiger partial charge in [-0.25, -0.2) is 4.98 Å². The van der Waals surface area contributed by atoms with E-state index in [4.69, 9.17) is 0 Å². The number of anilines is 1. The van der Waals surface area contributed by atoms with Gasteiger partial charge in [-0.3, -0.25) is 9.69 Å². The molecule has 0 radical (unpaired) electrons. The normalized spacial score (nSPS) is 18.4. The van der Waals surface area contributed by atoms with Crippen molar-refractivity contribution in [2.75, 3.05) is 30.7 Å². The second kappa shape index (κ2) is 8.29. The summed E-state index contributed by atoms with van der Waals surface area (Å²) in [6.45, 7) is 6.21. The maximum absolute atomic E-state index is 12.3. The SMILES string of the molecule is CCSc1nnc(C2CCCN(CC(=O)Nc3nc(C)cs3)C2)n1C. The Morgan fingerprint density at radius 3 is 3.04 bits per heavy atom. The van der Waals surface area contributed by atoms with Gasteiger partial charge in [0.1, 0.15) is 5.82 Å². The van der Waals surface area contributed by atoms with Crippen molar-refractivity contribution in [2.45, 2.75) is 37.8 Å². The van der Waals surface area contributed by atoms with Gasteiger partial charge in [-0.1, -0.05) is 18.7 Å². The molecule has 0 bridgehead atoms. The topological polar surface area (TPSA) is 75.9 Å². The van der Waals surface area contributed by atoms with Crippen molar-refractivity contribution in [2.24, 2.45) is 7.05 Å². The molecule has 0 saturated carbocycles. The van der Waals surface area contributed by atoms with Crippen LogP contribution in [-0.2, 0) is 11.8 Å². The number of hydrogen-bond acceptors (Lipinski definition) is 7. The first kappa shape index (κ1) is 18.3. The number of carbonyl (C=O) groups excluding carboxylic acids is 1. The van der Waals surface area contributed by atoms with E-state index in [1.165, 1.54) is 11.3 Å². The zero-order valence-corrected chi connectivity index (χ0v) is 16.5. The van der Waals surface area contributed by atoms with Gasteiger partial charge in [0.15, 0.2) is 10.3 Å². The maximum Gasteiger partial charge on any atom is 0.240 e. The summed E-state index contributed by atoms with van der Waals surface area (Å²) in [4.78, 5) is 18.7. The minimum absolute atomic E-state index is 0.00445. The van der Waals surface area contributed by atoms with Gasteiger partial charge in [0.25, 0.3) is 0 Å². The van der Waals surface area contributed by atoms with Gasteiger partial charge in [-0.15, -0.1) is 21.5 Å². The number of hydrogen-bond donors (Lipinski definition) is 1. The summed E-state index contributed by atoms with van der Waals surface area (Å²) in [7, 11) is 2.03. The van der Waals surface area contributed by atoms with Gasteiger partial charge < -0.3 is 9.88 Å². The number of nitrogens with zero attached hydrogens (tertiary/aromatic N) is 5. The van der Waals surface area contributed by atoms with Crippen molar-refractivity contribution in [1.82, 2.24) is 24.6 Å². The zero-order chi connectivity index (χ0) is 17.8. The fourth-order valence-electron chi connectivity index (χ4n) is 3.12. The molecule has 3 rings (SSSR count). The first-order valence-electron chi connectivity index (χ1n) is 8.53. The molecule has 1 aliphatic heterocycles. The van der Waals surface area contributed by atoms with E-state index in [0.717, 1.165) is 48.4 Å². The second-order valence-electron chi connectivity index (χ2n) is 6.25. The van der Waals surface area contributed by atoms with Crippen molar-refractivity contribution < 1.29 is 4.79 Å². The number of aryl methyl sites for hydroxylation is 1. The monoisotopic (exact) mass is 380 g/mol. The molecular formula is C16H24N6OS2. The fraction of sp³-hybridized carbons (Fsp3) is 0.625. The van der Waals surface area contributed by atoms with E-state index in [1.54, 1.807) is 11.8 Å². The van der Waals surface area contributed by atoms with Gasteiger partial charge in [0.05, 0.1) is 12.2 Å². The van der Waals surface area contributed by atoms with Crippen molar-refractivity contribution in [1.29, 1.82) is 0 Å². The highest BCUT2D eigenvalue weighted by Crippen LogP contribution is 2.27. The molecule has 0 spiro atoms. The van der Waals surface area contributed by atoms with Crippen LogP contribution >= 0.6 is 23.1 Å². The molecule has 1 aliphatic rings. The molecule has 1 unspecified atom stereocenters. The largest absolute Gasteiger partial charge is 0.309 e. The number of likely N-dealkylation sites (tertiary alicyclic amines) is 1. The molecule has 9 heteroatoms. The van der Waals surface area contributed by atoms with E-state index in [1.807, 2.05) is 19.4 Å². The van der Waals surface area contributed by atoms with Crippen LogP contribution in [0, 0.1) is 6.92 Å². The standard InChI is InChI=1S/C16H24N6OS2/c1-4-24-16-20-19-14(21(16)3)12-6-5-7-22(8-12)9-13(23)18-15-17-11(2)10-25-15/h10,12H,4-9H2,1-3H3,(H,17,18,23). The van der Waals surface area contributed by atoms with Gasteiger partial charge >= 0.3 is 0 Å².